The van der Waals surface area contributed by atoms with E-state index in [1.54, 1.807) is 0 Å². The Bertz CT molecular complexity index is 891. The fourth-order valence-electron chi connectivity index (χ4n) is 2.31. The number of furan rings is 1. The minimum absolute atomic E-state index is 0.583. The van der Waals surface area contributed by atoms with E-state index in [9.17, 15) is 0 Å². The van der Waals surface area contributed by atoms with Crippen LogP contribution in [0.15, 0.2) is 52.3 Å². The lowest BCUT2D eigenvalue weighted by molar-refractivity contribution is 0.669. The molecular weight excluding hydrogens is 256 g/mol. The molecule has 0 spiro atoms. The van der Waals surface area contributed by atoms with Crippen LogP contribution in [0.3, 0.4) is 0 Å². The molecule has 0 fully saturated rings. The second-order valence-electron chi connectivity index (χ2n) is 4.38. The van der Waals surface area contributed by atoms with Crippen molar-refractivity contribution in [2.75, 3.05) is 5.73 Å². The summed E-state index contributed by atoms with van der Waals surface area (Å²) in [6.45, 7) is 0. The molecule has 3 nitrogen and oxygen atoms in total. The predicted octanol–water partition coefficient (Wildman–Crippen LogP) is 4.29. The van der Waals surface area contributed by atoms with Gasteiger partial charge in [-0.3, -0.25) is 0 Å². The first kappa shape index (κ1) is 10.6. The summed E-state index contributed by atoms with van der Waals surface area (Å²) in [6.07, 6.45) is 0. The minimum Gasteiger partial charge on any atom is -0.456 e. The number of thiazole rings is 1. The van der Waals surface area contributed by atoms with E-state index in [1.165, 1.54) is 11.3 Å². The molecule has 0 bridgehead atoms. The van der Waals surface area contributed by atoms with E-state index < -0.39 is 0 Å². The monoisotopic (exact) mass is 266 g/mol. The number of nitrogen functional groups attached to an aromatic ring is 1. The fraction of sp³-hybridized carbons (Fsp3) is 0. The van der Waals surface area contributed by atoms with E-state index in [0.717, 1.165) is 33.2 Å². The number of benzene rings is 2. The average Bonchev–Trinajstić information content (AvgIpc) is 3.01. The lowest BCUT2D eigenvalue weighted by atomic mass is 10.1. The number of hydrogen-bond donors (Lipinski definition) is 1. The first-order valence-electron chi connectivity index (χ1n) is 5.94. The van der Waals surface area contributed by atoms with Gasteiger partial charge in [-0.05, 0) is 18.2 Å². The first-order valence-corrected chi connectivity index (χ1v) is 6.82. The van der Waals surface area contributed by atoms with Crippen LogP contribution in [0.2, 0.25) is 0 Å². The highest BCUT2D eigenvalue weighted by Gasteiger charge is 2.09. The largest absolute Gasteiger partial charge is 0.456 e. The van der Waals surface area contributed by atoms with Crippen LogP contribution in [-0.2, 0) is 0 Å². The van der Waals surface area contributed by atoms with Crippen LogP contribution in [-0.4, -0.2) is 4.98 Å². The Morgan fingerprint density at radius 2 is 1.84 bits per heavy atom. The van der Waals surface area contributed by atoms with E-state index in [-0.39, 0.29) is 0 Å². The number of nitrogens with two attached hydrogens (primary N) is 1. The molecule has 0 atom stereocenters. The highest BCUT2D eigenvalue weighted by atomic mass is 32.1. The summed E-state index contributed by atoms with van der Waals surface area (Å²) < 4.78 is 5.87. The first-order chi connectivity index (χ1) is 9.31. The number of aromatic nitrogens is 1. The summed E-state index contributed by atoms with van der Waals surface area (Å²) in [5, 5.41) is 4.81. The highest BCUT2D eigenvalue weighted by Crippen LogP contribution is 2.32. The van der Waals surface area contributed by atoms with Gasteiger partial charge in [-0.25, -0.2) is 4.98 Å². The molecule has 0 unspecified atom stereocenters. The number of anilines is 1. The van der Waals surface area contributed by atoms with Gasteiger partial charge >= 0.3 is 0 Å². The molecule has 2 aromatic carbocycles. The van der Waals surface area contributed by atoms with Gasteiger partial charge in [0.1, 0.15) is 11.2 Å². The fourth-order valence-corrected chi connectivity index (χ4v) is 2.88. The number of nitrogens with zero attached hydrogens (tertiary/aromatic N) is 1. The van der Waals surface area contributed by atoms with Crippen LogP contribution in [0.4, 0.5) is 5.13 Å². The van der Waals surface area contributed by atoms with Crippen molar-refractivity contribution in [2.45, 2.75) is 0 Å². The second kappa shape index (κ2) is 3.83. The van der Waals surface area contributed by atoms with Crippen LogP contribution in [0.5, 0.6) is 0 Å². The maximum Gasteiger partial charge on any atom is 0.180 e. The molecule has 19 heavy (non-hydrogen) atoms. The van der Waals surface area contributed by atoms with Gasteiger partial charge < -0.3 is 10.2 Å². The lowest BCUT2D eigenvalue weighted by Crippen LogP contribution is -1.82. The Morgan fingerprint density at radius 1 is 1.00 bits per heavy atom. The Kier molecular flexibility index (Phi) is 2.13. The van der Waals surface area contributed by atoms with E-state index in [1.807, 2.05) is 29.6 Å². The zero-order valence-corrected chi connectivity index (χ0v) is 10.8. The Hall–Kier alpha value is -2.33. The van der Waals surface area contributed by atoms with Crippen LogP contribution in [0.1, 0.15) is 0 Å². The van der Waals surface area contributed by atoms with Crippen molar-refractivity contribution >= 4 is 38.4 Å². The molecule has 0 aliphatic rings. The lowest BCUT2D eigenvalue weighted by Gasteiger charge is -1.96. The number of para-hydroxylation sites is 1. The molecule has 0 aliphatic heterocycles. The van der Waals surface area contributed by atoms with Gasteiger partial charge in [0.25, 0.3) is 0 Å². The maximum atomic E-state index is 5.87. The van der Waals surface area contributed by atoms with Crippen LogP contribution >= 0.6 is 11.3 Å². The van der Waals surface area contributed by atoms with Gasteiger partial charge in [0, 0.05) is 21.7 Å². The molecule has 0 radical (unpaired) electrons. The van der Waals surface area contributed by atoms with Crippen molar-refractivity contribution in [3.8, 4) is 11.3 Å². The Morgan fingerprint density at radius 3 is 2.68 bits per heavy atom. The van der Waals surface area contributed by atoms with Crippen molar-refractivity contribution < 1.29 is 4.42 Å². The highest BCUT2D eigenvalue weighted by molar-refractivity contribution is 7.13. The van der Waals surface area contributed by atoms with Crippen molar-refractivity contribution in [3.63, 3.8) is 0 Å². The van der Waals surface area contributed by atoms with Gasteiger partial charge in [0.15, 0.2) is 5.13 Å². The zero-order valence-electron chi connectivity index (χ0n) is 9.96. The normalized spacial score (nSPS) is 11.4. The summed E-state index contributed by atoms with van der Waals surface area (Å²) in [5.74, 6) is 0. The van der Waals surface area contributed by atoms with Gasteiger partial charge in [0.2, 0.25) is 0 Å². The molecule has 2 aromatic heterocycles. The van der Waals surface area contributed by atoms with E-state index in [2.05, 4.69) is 23.2 Å². The summed E-state index contributed by atoms with van der Waals surface area (Å²) in [5.41, 5.74) is 9.38. The van der Waals surface area contributed by atoms with Crippen molar-refractivity contribution in [3.05, 3.63) is 47.8 Å². The second-order valence-corrected chi connectivity index (χ2v) is 5.27. The van der Waals surface area contributed by atoms with Crippen molar-refractivity contribution in [2.24, 2.45) is 0 Å². The van der Waals surface area contributed by atoms with E-state index in [4.69, 9.17) is 10.2 Å². The molecule has 4 rings (SSSR count). The predicted molar refractivity (Wildman–Crippen MR) is 79.2 cm³/mol. The van der Waals surface area contributed by atoms with E-state index in [0.29, 0.717) is 5.13 Å². The van der Waals surface area contributed by atoms with Gasteiger partial charge in [-0.1, -0.05) is 24.3 Å². The molecule has 92 valence electrons. The van der Waals surface area contributed by atoms with Gasteiger partial charge in [-0.2, -0.15) is 0 Å². The summed E-state index contributed by atoms with van der Waals surface area (Å²) in [6, 6.07) is 14.2. The maximum absolute atomic E-state index is 5.87. The number of hydrogen-bond acceptors (Lipinski definition) is 4. The third kappa shape index (κ3) is 1.61. The van der Waals surface area contributed by atoms with Crippen molar-refractivity contribution in [1.82, 2.24) is 4.98 Å². The topological polar surface area (TPSA) is 52.0 Å². The molecule has 0 aliphatic carbocycles. The summed E-state index contributed by atoms with van der Waals surface area (Å²) in [7, 11) is 0. The van der Waals surface area contributed by atoms with Crippen LogP contribution < -0.4 is 5.73 Å². The van der Waals surface area contributed by atoms with E-state index >= 15 is 0 Å². The molecule has 4 aromatic rings. The summed E-state index contributed by atoms with van der Waals surface area (Å²) in [4.78, 5) is 4.30. The Labute approximate surface area is 113 Å². The zero-order chi connectivity index (χ0) is 12.8. The standard InChI is InChI=1S/C15H10N2OS/c16-15-17-12(8-19-15)9-5-6-11-10-3-1-2-4-13(10)18-14(11)7-9/h1-8H,(H2,16,17). The average molecular weight is 266 g/mol. The molecule has 2 heterocycles. The number of rotatable bonds is 1. The van der Waals surface area contributed by atoms with Gasteiger partial charge in [0.05, 0.1) is 5.69 Å². The quantitative estimate of drug-likeness (QED) is 0.559. The van der Waals surface area contributed by atoms with Crippen molar-refractivity contribution in [1.29, 1.82) is 0 Å². The molecule has 2 N–H and O–H groups in total. The molecule has 0 saturated heterocycles. The molecular formula is C15H10N2OS. The third-order valence-electron chi connectivity index (χ3n) is 3.20. The Balaban J connectivity index is 1.99. The smallest absolute Gasteiger partial charge is 0.180 e. The van der Waals surface area contributed by atoms with Crippen LogP contribution in [0, 0.1) is 0 Å². The van der Waals surface area contributed by atoms with Gasteiger partial charge in [-0.15, -0.1) is 11.3 Å². The summed E-state index contributed by atoms with van der Waals surface area (Å²) >= 11 is 1.45. The molecule has 0 amide bonds. The molecule has 4 heteroatoms. The number of fused-ring (bicyclic) bond motifs is 3. The minimum atomic E-state index is 0.583. The molecule has 0 saturated carbocycles. The third-order valence-corrected chi connectivity index (χ3v) is 3.87. The van der Waals surface area contributed by atoms with Crippen LogP contribution in [0.25, 0.3) is 33.2 Å². The SMILES string of the molecule is Nc1nc(-c2ccc3c(c2)oc2ccccc23)cs1.